The second-order valence-electron chi connectivity index (χ2n) is 11.7. The van der Waals surface area contributed by atoms with Crippen LogP contribution in [0.1, 0.15) is 45.5 Å². The van der Waals surface area contributed by atoms with Crippen molar-refractivity contribution in [2.45, 2.75) is 63.7 Å². The van der Waals surface area contributed by atoms with Crippen molar-refractivity contribution >= 4 is 17.4 Å². The van der Waals surface area contributed by atoms with E-state index in [1.54, 1.807) is 6.07 Å². The highest BCUT2D eigenvalue weighted by Gasteiger charge is 2.47. The first-order valence-electron chi connectivity index (χ1n) is 13.0. The van der Waals surface area contributed by atoms with E-state index in [0.717, 1.165) is 6.07 Å². The van der Waals surface area contributed by atoms with Gasteiger partial charge < -0.3 is 15.1 Å². The molecule has 3 atom stereocenters. The van der Waals surface area contributed by atoms with E-state index in [0.29, 0.717) is 44.2 Å². The molecule has 5 heterocycles. The fraction of sp³-hybridized carbons (Fsp3) is 0.720. The molecule has 5 rings (SSSR count). The third kappa shape index (κ3) is 5.06. The average molecular weight is 544 g/mol. The van der Waals surface area contributed by atoms with Gasteiger partial charge in [-0.3, -0.25) is 9.69 Å². The van der Waals surface area contributed by atoms with Crippen LogP contribution in [0.3, 0.4) is 0 Å². The van der Waals surface area contributed by atoms with Gasteiger partial charge in [0.15, 0.2) is 11.3 Å². The molecule has 3 fully saturated rings. The Morgan fingerprint density at radius 3 is 2.32 bits per heavy atom. The Hall–Kier alpha value is -2.54. The summed E-state index contributed by atoms with van der Waals surface area (Å²) in [5.74, 6) is -2.87. The van der Waals surface area contributed by atoms with Crippen LogP contribution in [0.25, 0.3) is 5.65 Å². The smallest absolute Gasteiger partial charge is 0.354 e. The van der Waals surface area contributed by atoms with Crippen molar-refractivity contribution in [2.75, 3.05) is 50.7 Å². The van der Waals surface area contributed by atoms with Gasteiger partial charge in [-0.05, 0) is 5.92 Å². The number of anilines is 1. The van der Waals surface area contributed by atoms with E-state index in [1.165, 1.54) is 9.42 Å². The predicted octanol–water partition coefficient (Wildman–Crippen LogP) is 3.01. The fourth-order valence-electron chi connectivity index (χ4n) is 5.71. The molecule has 0 spiro atoms. The largest absolute Gasteiger partial charge is 0.433 e. The molecule has 0 radical (unpaired) electrons. The number of carbonyl (C=O) groups is 1. The maximum atomic E-state index is 13.7. The molecule has 3 aliphatic heterocycles. The summed E-state index contributed by atoms with van der Waals surface area (Å²) in [6, 6.07) is 2.16. The van der Waals surface area contributed by atoms with Crippen molar-refractivity contribution in [3.05, 3.63) is 23.5 Å². The highest BCUT2D eigenvalue weighted by atomic mass is 19.4. The van der Waals surface area contributed by atoms with Crippen molar-refractivity contribution in [3.8, 4) is 0 Å². The topological polar surface area (TPSA) is 69.0 Å². The zero-order valence-corrected chi connectivity index (χ0v) is 22.0. The SMILES string of the molecule is C[C@@H]1[C@@H](C(=O)N2CCC(F)(F)C2)NC[C@H]1N1CCN(c2cc(C(F)(F)F)nc3cc(C(C)(C)C)nn23)CC1. The van der Waals surface area contributed by atoms with Crippen molar-refractivity contribution in [1.29, 1.82) is 0 Å². The molecule has 0 aromatic carbocycles. The molecule has 8 nitrogen and oxygen atoms in total. The number of nitrogens with one attached hydrogen (secondary N) is 1. The number of halogens is 5. The van der Waals surface area contributed by atoms with Gasteiger partial charge in [-0.2, -0.15) is 22.8 Å². The molecule has 0 aliphatic carbocycles. The summed E-state index contributed by atoms with van der Waals surface area (Å²) in [5.41, 5.74) is -0.497. The second kappa shape index (κ2) is 9.29. The Morgan fingerprint density at radius 2 is 1.74 bits per heavy atom. The number of piperazine rings is 1. The van der Waals surface area contributed by atoms with Crippen LogP contribution in [-0.4, -0.2) is 94.1 Å². The lowest BCUT2D eigenvalue weighted by molar-refractivity contribution is -0.141. The predicted molar refractivity (Wildman–Crippen MR) is 131 cm³/mol. The van der Waals surface area contributed by atoms with Crippen LogP contribution in [0.15, 0.2) is 12.1 Å². The summed E-state index contributed by atoms with van der Waals surface area (Å²) in [6.07, 6.45) is -4.90. The van der Waals surface area contributed by atoms with E-state index in [9.17, 15) is 26.7 Å². The average Bonchev–Trinajstić information content (AvgIpc) is 3.53. The summed E-state index contributed by atoms with van der Waals surface area (Å²) in [7, 11) is 0. The number of alkyl halides is 5. The van der Waals surface area contributed by atoms with E-state index < -0.39 is 30.4 Å². The lowest BCUT2D eigenvalue weighted by atomic mass is 9.93. The van der Waals surface area contributed by atoms with Gasteiger partial charge >= 0.3 is 6.18 Å². The van der Waals surface area contributed by atoms with Crippen LogP contribution in [0.4, 0.5) is 27.8 Å². The minimum Gasteiger partial charge on any atom is -0.354 e. The van der Waals surface area contributed by atoms with Gasteiger partial charge in [0.05, 0.1) is 18.3 Å². The molecule has 0 saturated carbocycles. The maximum Gasteiger partial charge on any atom is 0.433 e. The van der Waals surface area contributed by atoms with E-state index >= 15 is 0 Å². The van der Waals surface area contributed by atoms with Crippen molar-refractivity contribution in [1.82, 2.24) is 29.7 Å². The summed E-state index contributed by atoms with van der Waals surface area (Å²) in [5, 5.41) is 7.82. The molecule has 3 saturated heterocycles. The first-order valence-corrected chi connectivity index (χ1v) is 13.0. The Labute approximate surface area is 218 Å². The minimum absolute atomic E-state index is 0.0228. The third-order valence-electron chi connectivity index (χ3n) is 8.00. The Bertz CT molecular complexity index is 1200. The zero-order chi connectivity index (χ0) is 27.6. The van der Waals surface area contributed by atoms with E-state index in [-0.39, 0.29) is 41.9 Å². The summed E-state index contributed by atoms with van der Waals surface area (Å²) in [4.78, 5) is 22.1. The quantitative estimate of drug-likeness (QED) is 0.601. The molecule has 1 N–H and O–H groups in total. The number of rotatable bonds is 3. The lowest BCUT2D eigenvalue weighted by Gasteiger charge is -2.40. The van der Waals surface area contributed by atoms with Crippen LogP contribution >= 0.6 is 0 Å². The fourth-order valence-corrected chi connectivity index (χ4v) is 5.71. The summed E-state index contributed by atoms with van der Waals surface area (Å²) in [6.45, 7) is 9.97. The Balaban J connectivity index is 1.30. The highest BCUT2D eigenvalue weighted by molar-refractivity contribution is 5.83. The molecule has 38 heavy (non-hydrogen) atoms. The highest BCUT2D eigenvalue weighted by Crippen LogP contribution is 2.34. The number of hydrogen-bond donors (Lipinski definition) is 1. The third-order valence-corrected chi connectivity index (χ3v) is 8.00. The van der Waals surface area contributed by atoms with Crippen LogP contribution in [0, 0.1) is 5.92 Å². The van der Waals surface area contributed by atoms with Gasteiger partial charge in [0.25, 0.3) is 5.92 Å². The molecular weight excluding hydrogens is 509 g/mol. The number of nitrogens with zero attached hydrogens (tertiary/aromatic N) is 6. The van der Waals surface area contributed by atoms with Gasteiger partial charge in [0, 0.05) is 69.3 Å². The van der Waals surface area contributed by atoms with Crippen LogP contribution in [0.2, 0.25) is 0 Å². The number of hydrogen-bond acceptors (Lipinski definition) is 6. The number of likely N-dealkylation sites (tertiary alicyclic amines) is 1. The number of amides is 1. The molecule has 1 amide bonds. The first kappa shape index (κ1) is 27.0. The van der Waals surface area contributed by atoms with Gasteiger partial charge in [-0.1, -0.05) is 27.7 Å². The molecule has 2 aromatic rings. The molecule has 2 aromatic heterocycles. The lowest BCUT2D eigenvalue weighted by Crippen LogP contribution is -2.53. The van der Waals surface area contributed by atoms with Crippen LogP contribution in [-0.2, 0) is 16.4 Å². The molecule has 3 aliphatic rings. The minimum atomic E-state index is -4.59. The molecular formula is C25H34F5N7O. The first-order chi connectivity index (χ1) is 17.6. The van der Waals surface area contributed by atoms with Gasteiger partial charge in [-0.15, -0.1) is 0 Å². The molecule has 13 heteroatoms. The molecule has 0 unspecified atom stereocenters. The van der Waals surface area contributed by atoms with Gasteiger partial charge in [0.1, 0.15) is 5.82 Å². The summed E-state index contributed by atoms with van der Waals surface area (Å²) < 4.78 is 69.8. The molecule has 210 valence electrons. The number of fused-ring (bicyclic) bond motifs is 1. The van der Waals surface area contributed by atoms with E-state index in [2.05, 4.69) is 20.3 Å². The van der Waals surface area contributed by atoms with Gasteiger partial charge in [0.2, 0.25) is 5.91 Å². The normalized spacial score (nSPS) is 27.0. The second-order valence-corrected chi connectivity index (χ2v) is 11.7. The zero-order valence-electron chi connectivity index (χ0n) is 22.0. The van der Waals surface area contributed by atoms with E-state index in [1.807, 2.05) is 32.6 Å². The number of aromatic nitrogens is 3. The van der Waals surface area contributed by atoms with Crippen LogP contribution in [0.5, 0.6) is 0 Å². The number of carbonyl (C=O) groups excluding carboxylic acids is 1. The van der Waals surface area contributed by atoms with Gasteiger partial charge in [-0.25, -0.2) is 13.8 Å². The summed E-state index contributed by atoms with van der Waals surface area (Å²) >= 11 is 0. The van der Waals surface area contributed by atoms with Crippen molar-refractivity contribution in [2.24, 2.45) is 5.92 Å². The Kier molecular flexibility index (Phi) is 6.61. The van der Waals surface area contributed by atoms with Crippen LogP contribution < -0.4 is 10.2 Å². The standard InChI is InChI=1S/C25H34F5N7O/c1-15-16(13-31-21(15)22(38)36-6-5-24(26,27)14-36)34-7-9-35(10-8-34)20-12-18(25(28,29)30)32-19-11-17(23(2,3)4)33-37(19)20/h11-12,15-16,21,31H,5-10,13-14H2,1-4H3/t15-,16+,21-/m0/s1. The molecule has 0 bridgehead atoms. The van der Waals surface area contributed by atoms with E-state index in [4.69, 9.17) is 0 Å². The Morgan fingerprint density at radius 1 is 1.05 bits per heavy atom. The monoisotopic (exact) mass is 543 g/mol. The maximum absolute atomic E-state index is 13.7. The van der Waals surface area contributed by atoms with Crippen molar-refractivity contribution < 1.29 is 26.7 Å². The van der Waals surface area contributed by atoms with Crippen molar-refractivity contribution in [3.63, 3.8) is 0 Å².